The highest BCUT2D eigenvalue weighted by Gasteiger charge is 2.25. The predicted octanol–water partition coefficient (Wildman–Crippen LogP) is 3.63. The third-order valence-electron chi connectivity index (χ3n) is 3.72. The second-order valence-corrected chi connectivity index (χ2v) is 5.33. The Kier molecular flexibility index (Phi) is 3.47. The van der Waals surface area contributed by atoms with Crippen LogP contribution < -0.4 is 5.32 Å². The summed E-state index contributed by atoms with van der Waals surface area (Å²) in [7, 11) is 0. The zero-order chi connectivity index (χ0) is 11.5. The van der Waals surface area contributed by atoms with Crippen LogP contribution in [0.3, 0.4) is 0 Å². The minimum atomic E-state index is 0.619. The van der Waals surface area contributed by atoms with Gasteiger partial charge in [-0.05, 0) is 43.7 Å². The molecule has 0 radical (unpaired) electrons. The molecule has 1 aromatic rings. The Hall–Kier alpha value is -1.05. The van der Waals surface area contributed by atoms with Crippen molar-refractivity contribution in [3.63, 3.8) is 0 Å². The van der Waals surface area contributed by atoms with Crippen LogP contribution >= 0.6 is 0 Å². The predicted molar refractivity (Wildman–Crippen MR) is 68.6 cm³/mol. The lowest BCUT2D eigenvalue weighted by molar-refractivity contribution is 0.280. The first-order valence-corrected chi connectivity index (χ1v) is 6.34. The molecule has 3 unspecified atom stereocenters. The molecule has 1 N–H and O–H groups in total. The van der Waals surface area contributed by atoms with Gasteiger partial charge in [0, 0.05) is 11.7 Å². The molecule has 88 valence electrons. The second-order valence-electron chi connectivity index (χ2n) is 5.33. The van der Waals surface area contributed by atoms with Crippen LogP contribution in [-0.4, -0.2) is 11.0 Å². The highest BCUT2D eigenvalue weighted by molar-refractivity contribution is 5.42. The maximum Gasteiger partial charge on any atom is 0.0529 e. The summed E-state index contributed by atoms with van der Waals surface area (Å²) >= 11 is 0. The van der Waals surface area contributed by atoms with Crippen LogP contribution in [0.1, 0.15) is 38.8 Å². The van der Waals surface area contributed by atoms with Gasteiger partial charge in [-0.3, -0.25) is 4.98 Å². The van der Waals surface area contributed by atoms with E-state index in [1.807, 2.05) is 13.1 Å². The third-order valence-corrected chi connectivity index (χ3v) is 3.72. The molecule has 16 heavy (non-hydrogen) atoms. The molecule has 0 spiro atoms. The van der Waals surface area contributed by atoms with Crippen molar-refractivity contribution in [2.75, 3.05) is 5.32 Å². The summed E-state index contributed by atoms with van der Waals surface area (Å²) in [6, 6.07) is 4.82. The van der Waals surface area contributed by atoms with E-state index in [9.17, 15) is 0 Å². The van der Waals surface area contributed by atoms with Crippen LogP contribution in [0.5, 0.6) is 0 Å². The van der Waals surface area contributed by atoms with E-state index in [1.165, 1.54) is 19.3 Å². The average molecular weight is 218 g/mol. The van der Waals surface area contributed by atoms with Gasteiger partial charge in [0.1, 0.15) is 0 Å². The number of hydrogen-bond donors (Lipinski definition) is 1. The summed E-state index contributed by atoms with van der Waals surface area (Å²) in [5, 5.41) is 3.63. The first-order chi connectivity index (χ1) is 7.65. The number of nitrogens with one attached hydrogen (secondary N) is 1. The molecule has 0 aromatic carbocycles. The molecule has 0 saturated heterocycles. The molecule has 1 saturated carbocycles. The van der Waals surface area contributed by atoms with Crippen LogP contribution in [0.2, 0.25) is 0 Å². The van der Waals surface area contributed by atoms with Gasteiger partial charge in [0.05, 0.1) is 11.9 Å². The van der Waals surface area contributed by atoms with Crippen molar-refractivity contribution in [3.05, 3.63) is 24.0 Å². The summed E-state index contributed by atoms with van der Waals surface area (Å²) in [6.45, 7) is 6.73. The number of anilines is 1. The molecule has 0 aliphatic heterocycles. The van der Waals surface area contributed by atoms with Crippen LogP contribution in [0, 0.1) is 18.8 Å². The van der Waals surface area contributed by atoms with Gasteiger partial charge in [-0.25, -0.2) is 0 Å². The van der Waals surface area contributed by atoms with Crippen LogP contribution in [0.25, 0.3) is 0 Å². The van der Waals surface area contributed by atoms with E-state index in [1.54, 1.807) is 0 Å². The Morgan fingerprint density at radius 2 is 2.06 bits per heavy atom. The monoisotopic (exact) mass is 218 g/mol. The molecule has 3 atom stereocenters. The van der Waals surface area contributed by atoms with Crippen molar-refractivity contribution < 1.29 is 0 Å². The topological polar surface area (TPSA) is 24.9 Å². The van der Waals surface area contributed by atoms with Gasteiger partial charge in [-0.2, -0.15) is 0 Å². The van der Waals surface area contributed by atoms with E-state index >= 15 is 0 Å². The fourth-order valence-electron chi connectivity index (χ4n) is 2.50. The fourth-order valence-corrected chi connectivity index (χ4v) is 2.50. The van der Waals surface area contributed by atoms with Crippen molar-refractivity contribution >= 4 is 5.69 Å². The van der Waals surface area contributed by atoms with Crippen LogP contribution in [0.4, 0.5) is 5.69 Å². The molecule has 2 rings (SSSR count). The van der Waals surface area contributed by atoms with Crippen molar-refractivity contribution in [1.29, 1.82) is 0 Å². The maximum atomic E-state index is 4.33. The standard InChI is InChI=1S/C14H22N2/c1-10-4-5-11(2)14(8-10)16-13-7-6-12(3)15-9-13/h6-7,9-11,14,16H,4-5,8H2,1-3H3. The lowest BCUT2D eigenvalue weighted by Crippen LogP contribution is -2.33. The molecule has 1 aromatic heterocycles. The summed E-state index contributed by atoms with van der Waals surface area (Å²) in [5.41, 5.74) is 2.24. The molecule has 1 aliphatic carbocycles. The zero-order valence-corrected chi connectivity index (χ0v) is 10.5. The van der Waals surface area contributed by atoms with Gasteiger partial charge in [0.25, 0.3) is 0 Å². The van der Waals surface area contributed by atoms with E-state index in [2.05, 4.69) is 36.3 Å². The highest BCUT2D eigenvalue weighted by Crippen LogP contribution is 2.30. The largest absolute Gasteiger partial charge is 0.381 e. The molecule has 1 aliphatic rings. The maximum absolute atomic E-state index is 4.33. The quantitative estimate of drug-likeness (QED) is 0.820. The molecule has 1 heterocycles. The number of rotatable bonds is 2. The minimum absolute atomic E-state index is 0.619. The smallest absolute Gasteiger partial charge is 0.0529 e. The zero-order valence-electron chi connectivity index (χ0n) is 10.5. The summed E-state index contributed by atoms with van der Waals surface area (Å²) in [4.78, 5) is 4.33. The molecule has 0 amide bonds. The first-order valence-electron chi connectivity index (χ1n) is 6.34. The van der Waals surface area contributed by atoms with Gasteiger partial charge in [0.2, 0.25) is 0 Å². The lowest BCUT2D eigenvalue weighted by atomic mass is 9.80. The van der Waals surface area contributed by atoms with Gasteiger partial charge in [-0.1, -0.05) is 20.3 Å². The Morgan fingerprint density at radius 3 is 2.75 bits per heavy atom. The minimum Gasteiger partial charge on any atom is -0.381 e. The fraction of sp³-hybridized carbons (Fsp3) is 0.643. The lowest BCUT2D eigenvalue weighted by Gasteiger charge is -2.33. The van der Waals surface area contributed by atoms with Crippen molar-refractivity contribution in [1.82, 2.24) is 4.98 Å². The van der Waals surface area contributed by atoms with Crippen LogP contribution in [0.15, 0.2) is 18.3 Å². The Bertz CT molecular complexity index is 331. The first kappa shape index (κ1) is 11.4. The molecule has 0 bridgehead atoms. The van der Waals surface area contributed by atoms with Crippen molar-refractivity contribution in [2.45, 2.75) is 46.1 Å². The van der Waals surface area contributed by atoms with Gasteiger partial charge < -0.3 is 5.32 Å². The Labute approximate surface area is 98.5 Å². The molecular formula is C14H22N2. The SMILES string of the molecule is Cc1ccc(NC2CC(C)CCC2C)cn1. The van der Waals surface area contributed by atoms with E-state index in [0.717, 1.165) is 23.2 Å². The number of nitrogens with zero attached hydrogens (tertiary/aromatic N) is 1. The van der Waals surface area contributed by atoms with Crippen molar-refractivity contribution in [2.24, 2.45) is 11.8 Å². The molecule has 1 fully saturated rings. The summed E-state index contributed by atoms with van der Waals surface area (Å²) in [6.07, 6.45) is 5.96. The average Bonchev–Trinajstić information content (AvgIpc) is 2.27. The number of pyridine rings is 1. The summed E-state index contributed by atoms with van der Waals surface area (Å²) < 4.78 is 0. The number of aromatic nitrogens is 1. The number of aryl methyl sites for hydroxylation is 1. The molecule has 2 nitrogen and oxygen atoms in total. The van der Waals surface area contributed by atoms with Gasteiger partial charge in [-0.15, -0.1) is 0 Å². The second kappa shape index (κ2) is 4.86. The van der Waals surface area contributed by atoms with E-state index in [4.69, 9.17) is 0 Å². The number of hydrogen-bond acceptors (Lipinski definition) is 2. The highest BCUT2D eigenvalue weighted by atomic mass is 14.9. The molecular weight excluding hydrogens is 196 g/mol. The Balaban J connectivity index is 2.00. The van der Waals surface area contributed by atoms with Crippen LogP contribution in [-0.2, 0) is 0 Å². The van der Waals surface area contributed by atoms with Crippen molar-refractivity contribution in [3.8, 4) is 0 Å². The summed E-state index contributed by atoms with van der Waals surface area (Å²) in [5.74, 6) is 1.63. The third kappa shape index (κ3) is 2.75. The Morgan fingerprint density at radius 1 is 1.25 bits per heavy atom. The molecule has 2 heteroatoms. The van der Waals surface area contributed by atoms with E-state index < -0.39 is 0 Å². The van der Waals surface area contributed by atoms with E-state index in [0.29, 0.717) is 6.04 Å². The van der Waals surface area contributed by atoms with Gasteiger partial charge in [0.15, 0.2) is 0 Å². The van der Waals surface area contributed by atoms with E-state index in [-0.39, 0.29) is 0 Å². The normalized spacial score (nSPS) is 30.1. The van der Waals surface area contributed by atoms with Gasteiger partial charge >= 0.3 is 0 Å².